The lowest BCUT2D eigenvalue weighted by atomic mass is 10.1. The van der Waals surface area contributed by atoms with Crippen molar-refractivity contribution < 1.29 is 5.11 Å². The highest BCUT2D eigenvalue weighted by molar-refractivity contribution is 5.63. The van der Waals surface area contributed by atoms with E-state index >= 15 is 0 Å². The van der Waals surface area contributed by atoms with E-state index in [4.69, 9.17) is 5.11 Å². The van der Waals surface area contributed by atoms with Crippen LogP contribution in [0.2, 0.25) is 0 Å². The minimum atomic E-state index is -0.142. The van der Waals surface area contributed by atoms with Gasteiger partial charge in [-0.05, 0) is 24.3 Å². The fourth-order valence-electron chi connectivity index (χ4n) is 2.10. The number of hydrogen-bond donors (Lipinski definition) is 1. The van der Waals surface area contributed by atoms with Crippen LogP contribution in [0.1, 0.15) is 5.56 Å². The molecule has 0 aliphatic rings. The molecule has 0 aliphatic heterocycles. The summed E-state index contributed by atoms with van der Waals surface area (Å²) in [5.41, 5.74) is 2.68. The van der Waals surface area contributed by atoms with Crippen LogP contribution in [0, 0.1) is 0 Å². The molecule has 1 N–H and O–H groups in total. The van der Waals surface area contributed by atoms with Crippen LogP contribution >= 0.6 is 0 Å². The molecule has 0 aromatic carbocycles. The first kappa shape index (κ1) is 12.5. The van der Waals surface area contributed by atoms with Gasteiger partial charge >= 0.3 is 0 Å². The summed E-state index contributed by atoms with van der Waals surface area (Å²) >= 11 is 0. The van der Waals surface area contributed by atoms with E-state index in [1.54, 1.807) is 12.4 Å². The van der Waals surface area contributed by atoms with Crippen molar-refractivity contribution in [2.45, 2.75) is 6.42 Å². The highest BCUT2D eigenvalue weighted by atomic mass is 16.3. The summed E-state index contributed by atoms with van der Waals surface area (Å²) in [6.07, 6.45) is 5.26. The molecule has 0 radical (unpaired) electrons. The molecule has 3 heterocycles. The first-order chi connectivity index (χ1) is 9.79. The fraction of sp³-hybridized carbons (Fsp3) is 0.133. The molecule has 0 fully saturated rings. The zero-order chi connectivity index (χ0) is 13.9. The van der Waals surface area contributed by atoms with Gasteiger partial charge in [0.05, 0.1) is 5.69 Å². The molecule has 0 saturated carbocycles. The van der Waals surface area contributed by atoms with Gasteiger partial charge in [-0.2, -0.15) is 0 Å². The predicted octanol–water partition coefficient (Wildman–Crippen LogP) is 1.29. The second-order valence-corrected chi connectivity index (χ2v) is 4.42. The van der Waals surface area contributed by atoms with Gasteiger partial charge < -0.3 is 5.11 Å². The van der Waals surface area contributed by atoms with Crippen LogP contribution in [0.15, 0.2) is 53.7 Å². The number of rotatable bonds is 3. The summed E-state index contributed by atoms with van der Waals surface area (Å²) in [7, 11) is 0. The molecule has 3 rings (SSSR count). The smallest absolute Gasteiger partial charge is 0.261 e. The molecule has 0 unspecified atom stereocenters. The first-order valence-corrected chi connectivity index (χ1v) is 6.32. The van der Waals surface area contributed by atoms with Crippen LogP contribution in [0.25, 0.3) is 16.9 Å². The van der Waals surface area contributed by atoms with Gasteiger partial charge in [0.1, 0.15) is 5.65 Å². The molecule has 0 saturated heterocycles. The lowest BCUT2D eigenvalue weighted by Crippen LogP contribution is -2.20. The van der Waals surface area contributed by atoms with Crippen LogP contribution in [0.4, 0.5) is 0 Å². The van der Waals surface area contributed by atoms with Crippen molar-refractivity contribution in [3.8, 4) is 11.3 Å². The van der Waals surface area contributed by atoms with Crippen molar-refractivity contribution in [3.63, 3.8) is 0 Å². The number of pyridine rings is 2. The maximum atomic E-state index is 12.2. The first-order valence-electron chi connectivity index (χ1n) is 6.32. The summed E-state index contributed by atoms with van der Waals surface area (Å²) in [6.45, 7) is -0.0605. The lowest BCUT2D eigenvalue weighted by molar-refractivity contribution is 0.299. The third kappa shape index (κ3) is 2.19. The molecule has 3 aromatic heterocycles. The Morgan fingerprint density at radius 2 is 2.10 bits per heavy atom. The van der Waals surface area contributed by atoms with E-state index in [2.05, 4.69) is 9.97 Å². The monoisotopic (exact) mass is 267 g/mol. The number of hydrogen-bond acceptors (Lipinski definition) is 4. The summed E-state index contributed by atoms with van der Waals surface area (Å²) < 4.78 is 1.48. The number of aliphatic hydroxyl groups is 1. The molecular weight excluding hydrogens is 254 g/mol. The predicted molar refractivity (Wildman–Crippen MR) is 75.5 cm³/mol. The topological polar surface area (TPSA) is 67.5 Å². The summed E-state index contributed by atoms with van der Waals surface area (Å²) in [6, 6.07) is 9.34. The van der Waals surface area contributed by atoms with Gasteiger partial charge in [-0.25, -0.2) is 4.98 Å². The maximum Gasteiger partial charge on any atom is 0.261 e. The molecule has 100 valence electrons. The Morgan fingerprint density at radius 3 is 2.85 bits per heavy atom. The third-order valence-electron chi connectivity index (χ3n) is 3.12. The van der Waals surface area contributed by atoms with Gasteiger partial charge in [-0.3, -0.25) is 14.2 Å². The van der Waals surface area contributed by atoms with Crippen LogP contribution in [0.5, 0.6) is 0 Å². The summed E-state index contributed by atoms with van der Waals surface area (Å²) in [5.74, 6) is 0. The highest BCUT2D eigenvalue weighted by Crippen LogP contribution is 2.16. The summed E-state index contributed by atoms with van der Waals surface area (Å²) in [5, 5.41) is 8.92. The van der Waals surface area contributed by atoms with Crippen LogP contribution in [-0.2, 0) is 6.42 Å². The Labute approximate surface area is 115 Å². The normalized spacial score (nSPS) is 10.8. The number of fused-ring (bicyclic) bond motifs is 1. The van der Waals surface area contributed by atoms with Crippen LogP contribution in [0.3, 0.4) is 0 Å². The molecule has 5 heteroatoms. The van der Waals surface area contributed by atoms with Gasteiger partial charge in [0, 0.05) is 42.7 Å². The molecule has 0 spiro atoms. The average Bonchev–Trinajstić information content (AvgIpc) is 2.51. The van der Waals surface area contributed by atoms with E-state index in [1.165, 1.54) is 10.6 Å². The molecule has 0 amide bonds. The molecule has 3 aromatic rings. The average molecular weight is 267 g/mol. The van der Waals surface area contributed by atoms with Gasteiger partial charge in [-0.15, -0.1) is 0 Å². The van der Waals surface area contributed by atoms with E-state index in [1.807, 2.05) is 30.3 Å². The van der Waals surface area contributed by atoms with Crippen molar-refractivity contribution in [1.82, 2.24) is 14.4 Å². The van der Waals surface area contributed by atoms with E-state index in [0.29, 0.717) is 17.6 Å². The van der Waals surface area contributed by atoms with Gasteiger partial charge in [0.15, 0.2) is 0 Å². The van der Waals surface area contributed by atoms with E-state index in [-0.39, 0.29) is 12.2 Å². The highest BCUT2D eigenvalue weighted by Gasteiger charge is 2.06. The second kappa shape index (κ2) is 5.22. The molecule has 5 nitrogen and oxygen atoms in total. The van der Waals surface area contributed by atoms with Crippen molar-refractivity contribution >= 4 is 5.65 Å². The van der Waals surface area contributed by atoms with Crippen LogP contribution < -0.4 is 5.56 Å². The second-order valence-electron chi connectivity index (χ2n) is 4.42. The van der Waals surface area contributed by atoms with E-state index in [9.17, 15) is 4.79 Å². The lowest BCUT2D eigenvalue weighted by Gasteiger charge is -2.05. The van der Waals surface area contributed by atoms with Gasteiger partial charge in [-0.1, -0.05) is 6.07 Å². The van der Waals surface area contributed by atoms with E-state index in [0.717, 1.165) is 11.3 Å². The van der Waals surface area contributed by atoms with Crippen molar-refractivity contribution in [2.75, 3.05) is 6.61 Å². The summed E-state index contributed by atoms with van der Waals surface area (Å²) in [4.78, 5) is 20.7. The standard InChI is InChI=1S/C15H13N3O2/c19-8-5-12-10-17-14-9-11(4-7-18(14)15(12)20)13-3-1-2-6-16-13/h1-4,6-7,9-10,19H,5,8H2. The molecular formula is C15H13N3O2. The Balaban J connectivity index is 2.14. The SMILES string of the molecule is O=c1c(CCO)cnc2cc(-c3ccccn3)ccn12. The van der Waals surface area contributed by atoms with Crippen molar-refractivity contribution in [1.29, 1.82) is 0 Å². The molecule has 0 bridgehead atoms. The zero-order valence-electron chi connectivity index (χ0n) is 10.7. The third-order valence-corrected chi connectivity index (χ3v) is 3.12. The Hall–Kier alpha value is -2.53. The van der Waals surface area contributed by atoms with Crippen LogP contribution in [-0.4, -0.2) is 26.1 Å². The Bertz CT molecular complexity index is 797. The van der Waals surface area contributed by atoms with E-state index < -0.39 is 0 Å². The molecule has 0 aliphatic carbocycles. The zero-order valence-corrected chi connectivity index (χ0v) is 10.7. The van der Waals surface area contributed by atoms with Gasteiger partial charge in [0.2, 0.25) is 0 Å². The van der Waals surface area contributed by atoms with Crippen molar-refractivity contribution in [2.24, 2.45) is 0 Å². The van der Waals surface area contributed by atoms with Gasteiger partial charge in [0.25, 0.3) is 5.56 Å². The number of aromatic nitrogens is 3. The quantitative estimate of drug-likeness (QED) is 0.776. The molecule has 0 atom stereocenters. The fourth-order valence-corrected chi connectivity index (χ4v) is 2.10. The number of aliphatic hydroxyl groups excluding tert-OH is 1. The molecule has 20 heavy (non-hydrogen) atoms. The van der Waals surface area contributed by atoms with Crippen molar-refractivity contribution in [3.05, 3.63) is 64.8 Å². The minimum absolute atomic E-state index is 0.0605. The maximum absolute atomic E-state index is 12.2. The Kier molecular flexibility index (Phi) is 3.26. The Morgan fingerprint density at radius 1 is 1.20 bits per heavy atom. The minimum Gasteiger partial charge on any atom is -0.396 e. The largest absolute Gasteiger partial charge is 0.396 e. The number of nitrogens with zero attached hydrogens (tertiary/aromatic N) is 3.